The predicted octanol–water partition coefficient (Wildman–Crippen LogP) is 4.10. The van der Waals surface area contributed by atoms with Crippen LogP contribution in [0.1, 0.15) is 22.3 Å². The number of carbonyl (C=O) groups is 3. The second-order valence-corrected chi connectivity index (χ2v) is 9.48. The number of anilines is 1. The van der Waals surface area contributed by atoms with Crippen molar-refractivity contribution in [3.8, 4) is 11.3 Å². The summed E-state index contributed by atoms with van der Waals surface area (Å²) in [6.07, 6.45) is 5.18. The van der Waals surface area contributed by atoms with Crippen molar-refractivity contribution < 1.29 is 23.2 Å². The van der Waals surface area contributed by atoms with Crippen molar-refractivity contribution >= 4 is 40.7 Å². The molecule has 0 spiro atoms. The van der Waals surface area contributed by atoms with Gasteiger partial charge in [0.1, 0.15) is 17.5 Å². The molecule has 2 aliphatic rings. The molecule has 2 saturated heterocycles. The molecule has 37 heavy (non-hydrogen) atoms. The molecule has 0 bridgehead atoms. The van der Waals surface area contributed by atoms with Crippen LogP contribution in [-0.4, -0.2) is 58.1 Å². The highest BCUT2D eigenvalue weighted by Gasteiger charge is 2.26. The van der Waals surface area contributed by atoms with Gasteiger partial charge in [-0.2, -0.15) is 0 Å². The molecule has 5 rings (SSSR count). The standard InChI is InChI=1S/C26H21F2N5O3S/c27-19-5-2-1-4-17(19)25(35)33-9-3-8-32(10-11-33)23-15-29-14-21(30-23)18-12-16(6-7-20(18)28)13-22-24(34)31-26(36)37-22/h1-2,4-7,12-15H,3,8-11H2,(H,31,34,36). The van der Waals surface area contributed by atoms with Gasteiger partial charge >= 0.3 is 0 Å². The Kier molecular flexibility index (Phi) is 6.95. The molecular weight excluding hydrogens is 500 g/mol. The van der Waals surface area contributed by atoms with E-state index in [4.69, 9.17) is 0 Å². The van der Waals surface area contributed by atoms with E-state index in [9.17, 15) is 23.2 Å². The Morgan fingerprint density at radius 2 is 1.84 bits per heavy atom. The molecule has 0 radical (unpaired) electrons. The van der Waals surface area contributed by atoms with E-state index in [1.807, 2.05) is 4.90 Å². The second-order valence-electron chi connectivity index (χ2n) is 8.47. The molecule has 3 heterocycles. The lowest BCUT2D eigenvalue weighted by atomic mass is 10.1. The van der Waals surface area contributed by atoms with Gasteiger partial charge in [-0.15, -0.1) is 0 Å². The Balaban J connectivity index is 1.35. The van der Waals surface area contributed by atoms with Crippen molar-refractivity contribution in [1.29, 1.82) is 0 Å². The first-order valence-electron chi connectivity index (χ1n) is 11.5. The molecular formula is C26H21F2N5O3S. The van der Waals surface area contributed by atoms with Gasteiger partial charge in [0.25, 0.3) is 17.1 Å². The van der Waals surface area contributed by atoms with Crippen molar-refractivity contribution in [2.24, 2.45) is 0 Å². The summed E-state index contributed by atoms with van der Waals surface area (Å²) in [5.74, 6) is -1.39. The fraction of sp³-hybridized carbons (Fsp3) is 0.192. The number of aromatic nitrogens is 2. The van der Waals surface area contributed by atoms with Gasteiger partial charge in [-0.1, -0.05) is 18.2 Å². The monoisotopic (exact) mass is 521 g/mol. The Bertz CT molecular complexity index is 1430. The molecule has 3 amide bonds. The minimum Gasteiger partial charge on any atom is -0.353 e. The van der Waals surface area contributed by atoms with Crippen molar-refractivity contribution in [2.75, 3.05) is 31.1 Å². The molecule has 0 aliphatic carbocycles. The van der Waals surface area contributed by atoms with Crippen LogP contribution < -0.4 is 10.2 Å². The van der Waals surface area contributed by atoms with E-state index in [0.717, 1.165) is 11.8 Å². The summed E-state index contributed by atoms with van der Waals surface area (Å²) < 4.78 is 28.9. The number of hydrogen-bond donors (Lipinski definition) is 1. The summed E-state index contributed by atoms with van der Waals surface area (Å²) in [5.41, 5.74) is 1.08. The third kappa shape index (κ3) is 5.36. The van der Waals surface area contributed by atoms with E-state index in [2.05, 4.69) is 15.3 Å². The lowest BCUT2D eigenvalue weighted by molar-refractivity contribution is -0.115. The molecule has 0 atom stereocenters. The van der Waals surface area contributed by atoms with Crippen molar-refractivity contribution in [3.63, 3.8) is 0 Å². The molecule has 2 aliphatic heterocycles. The molecule has 1 N–H and O–H groups in total. The van der Waals surface area contributed by atoms with Crippen LogP contribution in [0.4, 0.5) is 19.4 Å². The van der Waals surface area contributed by atoms with Gasteiger partial charge in [0.05, 0.1) is 28.6 Å². The van der Waals surface area contributed by atoms with Crippen LogP contribution in [0.5, 0.6) is 0 Å². The third-order valence-electron chi connectivity index (χ3n) is 6.04. The Labute approximate surface area is 215 Å². The van der Waals surface area contributed by atoms with Crippen LogP contribution >= 0.6 is 11.8 Å². The van der Waals surface area contributed by atoms with Crippen LogP contribution in [0, 0.1) is 11.6 Å². The summed E-state index contributed by atoms with van der Waals surface area (Å²) in [6.45, 7) is 1.88. The third-order valence-corrected chi connectivity index (χ3v) is 6.85. The van der Waals surface area contributed by atoms with Crippen LogP contribution in [-0.2, 0) is 4.79 Å². The highest BCUT2D eigenvalue weighted by molar-refractivity contribution is 8.18. The number of benzene rings is 2. The average molecular weight is 522 g/mol. The van der Waals surface area contributed by atoms with Gasteiger partial charge in [0, 0.05) is 31.7 Å². The number of nitrogens with zero attached hydrogens (tertiary/aromatic N) is 4. The van der Waals surface area contributed by atoms with E-state index >= 15 is 0 Å². The number of hydrogen-bond acceptors (Lipinski definition) is 7. The number of rotatable bonds is 4. The Morgan fingerprint density at radius 3 is 2.62 bits per heavy atom. The molecule has 0 saturated carbocycles. The van der Waals surface area contributed by atoms with E-state index < -0.39 is 22.8 Å². The first-order chi connectivity index (χ1) is 17.9. The number of imide groups is 1. The summed E-state index contributed by atoms with van der Waals surface area (Å²) >= 11 is 0.783. The van der Waals surface area contributed by atoms with E-state index in [-0.39, 0.29) is 21.9 Å². The van der Waals surface area contributed by atoms with E-state index in [1.165, 1.54) is 36.5 Å². The van der Waals surface area contributed by atoms with Crippen LogP contribution in [0.25, 0.3) is 17.3 Å². The molecule has 2 aromatic carbocycles. The zero-order chi connectivity index (χ0) is 25.9. The van der Waals surface area contributed by atoms with Crippen molar-refractivity contribution in [3.05, 3.63) is 82.5 Å². The highest BCUT2D eigenvalue weighted by Crippen LogP contribution is 2.29. The van der Waals surface area contributed by atoms with Gasteiger partial charge < -0.3 is 9.80 Å². The average Bonchev–Trinajstić information content (AvgIpc) is 3.07. The topological polar surface area (TPSA) is 95.5 Å². The largest absolute Gasteiger partial charge is 0.353 e. The van der Waals surface area contributed by atoms with Gasteiger partial charge in [0.15, 0.2) is 0 Å². The van der Waals surface area contributed by atoms with Crippen molar-refractivity contribution in [2.45, 2.75) is 6.42 Å². The summed E-state index contributed by atoms with van der Waals surface area (Å²) in [5, 5.41) is 1.73. The quantitative estimate of drug-likeness (QED) is 0.517. The molecule has 0 unspecified atom stereocenters. The number of carbonyl (C=O) groups excluding carboxylic acids is 3. The van der Waals surface area contributed by atoms with E-state index in [0.29, 0.717) is 49.7 Å². The molecule has 2 fully saturated rings. The smallest absolute Gasteiger partial charge is 0.290 e. The van der Waals surface area contributed by atoms with E-state index in [1.54, 1.807) is 29.3 Å². The number of halogens is 2. The fourth-order valence-corrected chi connectivity index (χ4v) is 4.88. The van der Waals surface area contributed by atoms with Crippen LogP contribution in [0.2, 0.25) is 0 Å². The maximum Gasteiger partial charge on any atom is 0.290 e. The van der Waals surface area contributed by atoms with Crippen LogP contribution in [0.15, 0.2) is 59.8 Å². The number of thioether (sulfide) groups is 1. The fourth-order valence-electron chi connectivity index (χ4n) is 4.19. The minimum absolute atomic E-state index is 0.0425. The number of amides is 3. The maximum atomic E-state index is 14.8. The zero-order valence-electron chi connectivity index (χ0n) is 19.5. The summed E-state index contributed by atoms with van der Waals surface area (Å²) in [6, 6.07) is 10.2. The zero-order valence-corrected chi connectivity index (χ0v) is 20.3. The molecule has 188 valence electrons. The maximum absolute atomic E-state index is 14.8. The first kappa shape index (κ1) is 24.6. The van der Waals surface area contributed by atoms with Crippen molar-refractivity contribution in [1.82, 2.24) is 20.2 Å². The Hall–Kier alpha value is -4.12. The summed E-state index contributed by atoms with van der Waals surface area (Å²) in [7, 11) is 0. The van der Waals surface area contributed by atoms with Gasteiger partial charge in [-0.3, -0.25) is 24.7 Å². The SMILES string of the molecule is O=C1NC(=O)C(=Cc2ccc(F)c(-c3cncc(N4CCCN(C(=O)c5ccccc5F)CC4)n3)c2)S1. The first-order valence-corrected chi connectivity index (χ1v) is 12.4. The molecule has 3 aromatic rings. The molecule has 8 nitrogen and oxygen atoms in total. The van der Waals surface area contributed by atoms with Gasteiger partial charge in [-0.25, -0.2) is 13.8 Å². The summed E-state index contributed by atoms with van der Waals surface area (Å²) in [4.78, 5) is 48.8. The molecule has 1 aromatic heterocycles. The lowest BCUT2D eigenvalue weighted by Crippen LogP contribution is -2.35. The molecule has 11 heteroatoms. The normalized spacial score (nSPS) is 17.2. The van der Waals surface area contributed by atoms with Crippen LogP contribution in [0.3, 0.4) is 0 Å². The predicted molar refractivity (Wildman–Crippen MR) is 136 cm³/mol. The Morgan fingerprint density at radius 1 is 1.00 bits per heavy atom. The number of nitrogens with one attached hydrogen (secondary N) is 1. The van der Waals surface area contributed by atoms with Gasteiger partial charge in [-0.05, 0) is 54.1 Å². The lowest BCUT2D eigenvalue weighted by Gasteiger charge is -2.23. The highest BCUT2D eigenvalue weighted by atomic mass is 32.2. The second kappa shape index (κ2) is 10.5. The minimum atomic E-state index is -0.550. The van der Waals surface area contributed by atoms with Gasteiger partial charge in [0.2, 0.25) is 0 Å².